The average Bonchev–Trinajstić information content (AvgIpc) is 3.12. The minimum absolute atomic E-state index is 0.0202. The van der Waals surface area contributed by atoms with Crippen LogP contribution in [0.15, 0.2) is 0 Å². The Balaban J connectivity index is 1.78. The molecule has 1 fully saturated rings. The first-order valence-corrected chi connectivity index (χ1v) is 9.42. The highest BCUT2D eigenvalue weighted by atomic mass is 32.1. The molecule has 2 heterocycles. The Hall–Kier alpha value is -1.87. The third-order valence-corrected chi connectivity index (χ3v) is 5.80. The van der Waals surface area contributed by atoms with Gasteiger partial charge < -0.3 is 0 Å². The Bertz CT molecular complexity index is 779. The number of carbonyl (C=O) groups excluding carboxylic acids is 2. The largest absolute Gasteiger partial charge is 0.296 e. The lowest BCUT2D eigenvalue weighted by molar-refractivity contribution is -0.116. The molecule has 1 saturated carbocycles. The van der Waals surface area contributed by atoms with Crippen LogP contribution in [-0.4, -0.2) is 33.0 Å². The third-order valence-electron chi connectivity index (χ3n) is 3.64. The van der Waals surface area contributed by atoms with E-state index in [1.165, 1.54) is 29.6 Å². The predicted octanol–water partition coefficient (Wildman–Crippen LogP) is 3.19. The Kier molecular flexibility index (Phi) is 4.64. The maximum atomic E-state index is 12.5. The topological polar surface area (TPSA) is 88.1 Å². The van der Waals surface area contributed by atoms with Gasteiger partial charge in [-0.1, -0.05) is 22.7 Å². The first kappa shape index (κ1) is 17.0. The van der Waals surface area contributed by atoms with E-state index in [1.807, 2.05) is 13.8 Å². The first-order valence-electron chi connectivity index (χ1n) is 7.78. The van der Waals surface area contributed by atoms with Gasteiger partial charge in [-0.05, 0) is 33.6 Å². The summed E-state index contributed by atoms with van der Waals surface area (Å²) in [5.41, 5.74) is 0.603. The standard InChI is InChI=1S/C15H19N5O2S2/c1-7(2)20(9(4)21)15-16-8(3)11(23-15)12(22)17-14-19-18-13(24-14)10-5-6-10/h7,10H,5-6H2,1-4H3,(H,17,19,22). The van der Waals surface area contributed by atoms with Crippen molar-refractivity contribution in [1.82, 2.24) is 15.2 Å². The molecule has 0 unspecified atom stereocenters. The summed E-state index contributed by atoms with van der Waals surface area (Å²) in [5.74, 6) is 0.158. The molecule has 0 aliphatic heterocycles. The number of hydrogen-bond acceptors (Lipinski definition) is 7. The first-order chi connectivity index (χ1) is 11.4. The molecule has 128 valence electrons. The number of nitrogens with one attached hydrogen (secondary N) is 1. The number of hydrogen-bond donors (Lipinski definition) is 1. The lowest BCUT2D eigenvalue weighted by Gasteiger charge is -2.21. The van der Waals surface area contributed by atoms with Gasteiger partial charge in [0.2, 0.25) is 11.0 Å². The molecule has 2 aromatic rings. The van der Waals surface area contributed by atoms with E-state index < -0.39 is 0 Å². The average molecular weight is 365 g/mol. The molecule has 0 aromatic carbocycles. The van der Waals surface area contributed by atoms with Crippen molar-refractivity contribution >= 4 is 44.8 Å². The van der Waals surface area contributed by atoms with Crippen LogP contribution >= 0.6 is 22.7 Å². The number of amides is 2. The molecule has 1 aliphatic rings. The van der Waals surface area contributed by atoms with Gasteiger partial charge in [0.05, 0.1) is 5.69 Å². The van der Waals surface area contributed by atoms with Gasteiger partial charge in [0.15, 0.2) is 5.13 Å². The number of rotatable bonds is 5. The van der Waals surface area contributed by atoms with E-state index in [0.717, 1.165) is 17.8 Å². The van der Waals surface area contributed by atoms with Crippen LogP contribution in [0.3, 0.4) is 0 Å². The van der Waals surface area contributed by atoms with Crippen LogP contribution in [0.1, 0.15) is 59.9 Å². The molecule has 24 heavy (non-hydrogen) atoms. The molecule has 0 bridgehead atoms. The van der Waals surface area contributed by atoms with Crippen molar-refractivity contribution in [1.29, 1.82) is 0 Å². The highest BCUT2D eigenvalue weighted by molar-refractivity contribution is 7.18. The van der Waals surface area contributed by atoms with Crippen molar-refractivity contribution in [3.63, 3.8) is 0 Å². The van der Waals surface area contributed by atoms with Gasteiger partial charge in [0.1, 0.15) is 9.88 Å². The molecule has 1 aliphatic carbocycles. The van der Waals surface area contributed by atoms with Crippen LogP contribution in [0.25, 0.3) is 0 Å². The van der Waals surface area contributed by atoms with Gasteiger partial charge in [0.25, 0.3) is 5.91 Å². The quantitative estimate of drug-likeness (QED) is 0.879. The SMILES string of the molecule is CC(=O)N(c1nc(C)c(C(=O)Nc2nnc(C3CC3)s2)s1)C(C)C. The Labute approximate surface area is 148 Å². The number of nitrogens with zero attached hydrogens (tertiary/aromatic N) is 4. The van der Waals surface area contributed by atoms with Crippen molar-refractivity contribution in [3.05, 3.63) is 15.6 Å². The fourth-order valence-electron chi connectivity index (χ4n) is 2.35. The number of carbonyl (C=O) groups is 2. The monoisotopic (exact) mass is 365 g/mol. The fraction of sp³-hybridized carbons (Fsp3) is 0.533. The van der Waals surface area contributed by atoms with Crippen molar-refractivity contribution in [2.75, 3.05) is 10.2 Å². The van der Waals surface area contributed by atoms with Gasteiger partial charge in [-0.25, -0.2) is 4.98 Å². The van der Waals surface area contributed by atoms with Gasteiger partial charge in [-0.2, -0.15) is 0 Å². The smallest absolute Gasteiger partial charge is 0.269 e. The lowest BCUT2D eigenvalue weighted by Crippen LogP contribution is -2.34. The fourth-order valence-corrected chi connectivity index (χ4v) is 4.40. The number of aryl methyl sites for hydroxylation is 1. The third kappa shape index (κ3) is 3.46. The number of anilines is 2. The van der Waals surface area contributed by atoms with Gasteiger partial charge in [-0.3, -0.25) is 19.8 Å². The molecule has 1 N–H and O–H groups in total. The van der Waals surface area contributed by atoms with Crippen molar-refractivity contribution in [2.24, 2.45) is 0 Å². The number of aromatic nitrogens is 3. The molecule has 0 spiro atoms. The summed E-state index contributed by atoms with van der Waals surface area (Å²) in [6.07, 6.45) is 2.30. The summed E-state index contributed by atoms with van der Waals surface area (Å²) in [6, 6.07) is -0.0202. The van der Waals surface area contributed by atoms with Crippen LogP contribution in [0.5, 0.6) is 0 Å². The van der Waals surface area contributed by atoms with Gasteiger partial charge in [0, 0.05) is 18.9 Å². The van der Waals surface area contributed by atoms with Gasteiger partial charge in [-0.15, -0.1) is 10.2 Å². The highest BCUT2D eigenvalue weighted by Gasteiger charge is 2.28. The molecule has 0 atom stereocenters. The Morgan fingerprint density at radius 3 is 2.54 bits per heavy atom. The molecule has 9 heteroatoms. The molecule has 0 radical (unpaired) electrons. The van der Waals surface area contributed by atoms with Crippen molar-refractivity contribution < 1.29 is 9.59 Å². The minimum Gasteiger partial charge on any atom is -0.296 e. The van der Waals surface area contributed by atoms with Crippen molar-refractivity contribution in [2.45, 2.75) is 52.5 Å². The summed E-state index contributed by atoms with van der Waals surface area (Å²) in [7, 11) is 0. The Morgan fingerprint density at radius 2 is 1.96 bits per heavy atom. The van der Waals surface area contributed by atoms with E-state index in [0.29, 0.717) is 26.8 Å². The Morgan fingerprint density at radius 1 is 1.25 bits per heavy atom. The molecule has 0 saturated heterocycles. The zero-order valence-corrected chi connectivity index (χ0v) is 15.6. The van der Waals surface area contributed by atoms with E-state index in [-0.39, 0.29) is 17.9 Å². The normalized spacial score (nSPS) is 14.0. The van der Waals surface area contributed by atoms with Crippen molar-refractivity contribution in [3.8, 4) is 0 Å². The summed E-state index contributed by atoms with van der Waals surface area (Å²) in [4.78, 5) is 30.8. The molecule has 2 aromatic heterocycles. The maximum absolute atomic E-state index is 12.5. The van der Waals surface area contributed by atoms with Crippen LogP contribution < -0.4 is 10.2 Å². The van der Waals surface area contributed by atoms with E-state index in [2.05, 4.69) is 20.5 Å². The highest BCUT2D eigenvalue weighted by Crippen LogP contribution is 2.42. The van der Waals surface area contributed by atoms with E-state index in [9.17, 15) is 9.59 Å². The summed E-state index contributed by atoms with van der Waals surface area (Å²) in [5, 5.41) is 13.0. The van der Waals surface area contributed by atoms with E-state index in [1.54, 1.807) is 11.8 Å². The predicted molar refractivity (Wildman–Crippen MR) is 95.0 cm³/mol. The van der Waals surface area contributed by atoms with Crippen LogP contribution in [0.4, 0.5) is 10.3 Å². The minimum atomic E-state index is -0.262. The van der Waals surface area contributed by atoms with E-state index in [4.69, 9.17) is 0 Å². The second-order valence-electron chi connectivity index (χ2n) is 6.07. The van der Waals surface area contributed by atoms with Crippen LogP contribution in [-0.2, 0) is 4.79 Å². The summed E-state index contributed by atoms with van der Waals surface area (Å²) < 4.78 is 0. The van der Waals surface area contributed by atoms with E-state index >= 15 is 0 Å². The molecule has 2 amide bonds. The second kappa shape index (κ2) is 6.56. The second-order valence-corrected chi connectivity index (χ2v) is 8.05. The number of thiazole rings is 1. The lowest BCUT2D eigenvalue weighted by atomic mass is 10.3. The zero-order chi connectivity index (χ0) is 17.4. The summed E-state index contributed by atoms with van der Waals surface area (Å²) in [6.45, 7) is 7.09. The molecule has 3 rings (SSSR count). The molecular weight excluding hydrogens is 346 g/mol. The zero-order valence-electron chi connectivity index (χ0n) is 14.0. The van der Waals surface area contributed by atoms with Crippen LogP contribution in [0, 0.1) is 6.92 Å². The summed E-state index contributed by atoms with van der Waals surface area (Å²) >= 11 is 2.64. The maximum Gasteiger partial charge on any atom is 0.269 e. The van der Waals surface area contributed by atoms with Gasteiger partial charge >= 0.3 is 0 Å². The van der Waals surface area contributed by atoms with Crippen LogP contribution in [0.2, 0.25) is 0 Å². The molecular formula is C15H19N5O2S2. The molecule has 7 nitrogen and oxygen atoms in total.